The summed E-state index contributed by atoms with van der Waals surface area (Å²) in [6, 6.07) is 8.19. The number of methoxy groups -OCH3 is 1. The first kappa shape index (κ1) is 17.1. The van der Waals surface area contributed by atoms with Gasteiger partial charge in [-0.1, -0.05) is 12.1 Å². The van der Waals surface area contributed by atoms with Crippen LogP contribution in [0, 0.1) is 0 Å². The smallest absolute Gasteiger partial charge is 0.193 e. The lowest BCUT2D eigenvalue weighted by Crippen LogP contribution is -2.53. The van der Waals surface area contributed by atoms with Crippen LogP contribution in [0.1, 0.15) is 0 Å². The van der Waals surface area contributed by atoms with Gasteiger partial charge in [0.2, 0.25) is 0 Å². The highest BCUT2D eigenvalue weighted by atomic mass is 16.5. The van der Waals surface area contributed by atoms with Gasteiger partial charge in [0, 0.05) is 58.7 Å². The van der Waals surface area contributed by atoms with Crippen molar-refractivity contribution in [1.29, 1.82) is 0 Å². The van der Waals surface area contributed by atoms with E-state index in [-0.39, 0.29) is 0 Å². The molecule has 25 heavy (non-hydrogen) atoms. The first-order chi connectivity index (χ1) is 12.3. The predicted molar refractivity (Wildman–Crippen MR) is 100 cm³/mol. The van der Waals surface area contributed by atoms with E-state index >= 15 is 0 Å². The number of anilines is 1. The van der Waals surface area contributed by atoms with Crippen LogP contribution < -0.4 is 15.0 Å². The fourth-order valence-corrected chi connectivity index (χ4v) is 3.10. The SMILES string of the molecule is CN=C(NCCn1ccnc1)N1CCN(c2ccccc2OC)CC1. The third kappa shape index (κ3) is 4.23. The Hall–Kier alpha value is -2.70. The number of nitrogens with zero attached hydrogens (tertiary/aromatic N) is 5. The largest absolute Gasteiger partial charge is 0.495 e. The molecule has 1 saturated heterocycles. The summed E-state index contributed by atoms with van der Waals surface area (Å²) in [5.41, 5.74) is 1.16. The molecule has 3 rings (SSSR count). The molecule has 2 aromatic rings. The van der Waals surface area contributed by atoms with Gasteiger partial charge in [-0.05, 0) is 12.1 Å². The average Bonchev–Trinajstić information content (AvgIpc) is 3.19. The van der Waals surface area contributed by atoms with Gasteiger partial charge >= 0.3 is 0 Å². The zero-order valence-corrected chi connectivity index (χ0v) is 14.9. The van der Waals surface area contributed by atoms with Crippen molar-refractivity contribution in [3.8, 4) is 5.75 Å². The number of para-hydroxylation sites is 2. The van der Waals surface area contributed by atoms with Crippen LogP contribution in [0.2, 0.25) is 0 Å². The van der Waals surface area contributed by atoms with Crippen molar-refractivity contribution in [3.63, 3.8) is 0 Å². The molecule has 1 aliphatic heterocycles. The Morgan fingerprint density at radius 2 is 2.04 bits per heavy atom. The molecule has 134 valence electrons. The summed E-state index contributed by atoms with van der Waals surface area (Å²) in [6.45, 7) is 5.47. The highest BCUT2D eigenvalue weighted by Crippen LogP contribution is 2.28. The molecule has 7 heteroatoms. The fraction of sp³-hybridized carbons (Fsp3) is 0.444. The number of hydrogen-bond donors (Lipinski definition) is 1. The van der Waals surface area contributed by atoms with Gasteiger partial charge in [0.25, 0.3) is 0 Å². The molecule has 0 radical (unpaired) electrons. The van der Waals surface area contributed by atoms with Crippen LogP contribution in [-0.4, -0.2) is 67.3 Å². The zero-order chi connectivity index (χ0) is 17.5. The molecule has 2 heterocycles. The number of aliphatic imine (C=N–C) groups is 1. The number of imidazole rings is 1. The topological polar surface area (TPSA) is 57.9 Å². The van der Waals surface area contributed by atoms with E-state index in [0.29, 0.717) is 0 Å². The second-order valence-electron chi connectivity index (χ2n) is 5.92. The Morgan fingerprint density at radius 3 is 2.72 bits per heavy atom. The third-order valence-corrected chi connectivity index (χ3v) is 4.43. The molecule has 1 N–H and O–H groups in total. The summed E-state index contributed by atoms with van der Waals surface area (Å²) in [4.78, 5) is 13.2. The molecular weight excluding hydrogens is 316 g/mol. The van der Waals surface area contributed by atoms with Crippen LogP contribution in [0.4, 0.5) is 5.69 Å². The van der Waals surface area contributed by atoms with E-state index in [1.807, 2.05) is 31.7 Å². The summed E-state index contributed by atoms with van der Waals surface area (Å²) in [5.74, 6) is 1.89. The normalized spacial score (nSPS) is 15.4. The van der Waals surface area contributed by atoms with E-state index in [1.165, 1.54) is 0 Å². The lowest BCUT2D eigenvalue weighted by molar-refractivity contribution is 0.366. The lowest BCUT2D eigenvalue weighted by atomic mass is 10.2. The van der Waals surface area contributed by atoms with Crippen molar-refractivity contribution in [2.75, 3.05) is 51.8 Å². The lowest BCUT2D eigenvalue weighted by Gasteiger charge is -2.38. The van der Waals surface area contributed by atoms with E-state index < -0.39 is 0 Å². The molecule has 0 bridgehead atoms. The number of ether oxygens (including phenoxy) is 1. The number of rotatable bonds is 5. The Labute approximate surface area is 148 Å². The Balaban J connectivity index is 1.51. The zero-order valence-electron chi connectivity index (χ0n) is 14.9. The summed E-state index contributed by atoms with van der Waals surface area (Å²) >= 11 is 0. The molecule has 0 aliphatic carbocycles. The van der Waals surface area contributed by atoms with E-state index in [2.05, 4.69) is 41.8 Å². The maximum absolute atomic E-state index is 5.48. The van der Waals surface area contributed by atoms with Crippen LogP contribution in [0.25, 0.3) is 0 Å². The highest BCUT2D eigenvalue weighted by Gasteiger charge is 2.21. The van der Waals surface area contributed by atoms with Gasteiger partial charge < -0.3 is 24.4 Å². The fourth-order valence-electron chi connectivity index (χ4n) is 3.10. The Bertz CT molecular complexity index is 677. The van der Waals surface area contributed by atoms with Crippen LogP contribution in [-0.2, 0) is 6.54 Å². The van der Waals surface area contributed by atoms with Crippen molar-refractivity contribution in [2.24, 2.45) is 4.99 Å². The molecule has 1 aromatic carbocycles. The summed E-state index contributed by atoms with van der Waals surface area (Å²) in [7, 11) is 3.56. The minimum Gasteiger partial charge on any atom is -0.495 e. The maximum Gasteiger partial charge on any atom is 0.193 e. The standard InChI is InChI=1S/C18H26N6O/c1-19-18(21-8-10-22-9-7-20-15-22)24-13-11-23(12-14-24)16-5-3-4-6-17(16)25-2/h3-7,9,15H,8,10-14H2,1-2H3,(H,19,21). The van der Waals surface area contributed by atoms with Crippen LogP contribution in [0.5, 0.6) is 5.75 Å². The number of hydrogen-bond acceptors (Lipinski definition) is 4. The molecule has 0 spiro atoms. The van der Waals surface area contributed by atoms with E-state index in [1.54, 1.807) is 13.3 Å². The van der Waals surface area contributed by atoms with Gasteiger partial charge in [0.1, 0.15) is 5.75 Å². The number of nitrogens with one attached hydrogen (secondary N) is 1. The highest BCUT2D eigenvalue weighted by molar-refractivity contribution is 5.80. The van der Waals surface area contributed by atoms with Crippen LogP contribution in [0.3, 0.4) is 0 Å². The molecular formula is C18H26N6O. The second-order valence-corrected chi connectivity index (χ2v) is 5.92. The molecule has 1 aromatic heterocycles. The number of aromatic nitrogens is 2. The van der Waals surface area contributed by atoms with Crippen LogP contribution in [0.15, 0.2) is 48.0 Å². The molecule has 1 fully saturated rings. The van der Waals surface area contributed by atoms with Gasteiger partial charge in [-0.2, -0.15) is 0 Å². The van der Waals surface area contributed by atoms with E-state index in [9.17, 15) is 0 Å². The number of piperazine rings is 1. The first-order valence-corrected chi connectivity index (χ1v) is 8.61. The van der Waals surface area contributed by atoms with Crippen molar-refractivity contribution in [3.05, 3.63) is 43.0 Å². The molecule has 0 atom stereocenters. The molecule has 1 aliphatic rings. The summed E-state index contributed by atoms with van der Waals surface area (Å²) in [5, 5.41) is 3.44. The van der Waals surface area contributed by atoms with Crippen molar-refractivity contribution in [1.82, 2.24) is 19.8 Å². The number of guanidine groups is 1. The molecule has 7 nitrogen and oxygen atoms in total. The van der Waals surface area contributed by atoms with E-state index in [0.717, 1.165) is 56.7 Å². The van der Waals surface area contributed by atoms with Gasteiger partial charge in [-0.3, -0.25) is 4.99 Å². The van der Waals surface area contributed by atoms with E-state index in [4.69, 9.17) is 4.74 Å². The summed E-state index contributed by atoms with van der Waals surface area (Å²) in [6.07, 6.45) is 5.60. The monoisotopic (exact) mass is 342 g/mol. The first-order valence-electron chi connectivity index (χ1n) is 8.61. The maximum atomic E-state index is 5.48. The van der Waals surface area contributed by atoms with Gasteiger partial charge in [0.05, 0.1) is 19.1 Å². The second kappa shape index (κ2) is 8.41. The summed E-state index contributed by atoms with van der Waals surface area (Å²) < 4.78 is 7.54. The van der Waals surface area contributed by atoms with Crippen molar-refractivity contribution >= 4 is 11.6 Å². The minimum absolute atomic E-state index is 0.829. The van der Waals surface area contributed by atoms with Crippen LogP contribution >= 0.6 is 0 Å². The Kier molecular flexibility index (Phi) is 5.77. The quantitative estimate of drug-likeness (QED) is 0.655. The van der Waals surface area contributed by atoms with Gasteiger partial charge in [-0.15, -0.1) is 0 Å². The molecule has 0 amide bonds. The van der Waals surface area contributed by atoms with Crippen molar-refractivity contribution in [2.45, 2.75) is 6.54 Å². The third-order valence-electron chi connectivity index (χ3n) is 4.43. The van der Waals surface area contributed by atoms with Gasteiger partial charge in [-0.25, -0.2) is 4.98 Å². The average molecular weight is 342 g/mol. The number of benzene rings is 1. The van der Waals surface area contributed by atoms with Gasteiger partial charge in [0.15, 0.2) is 5.96 Å². The molecule has 0 unspecified atom stereocenters. The minimum atomic E-state index is 0.829. The Morgan fingerprint density at radius 1 is 1.24 bits per heavy atom. The molecule has 0 saturated carbocycles. The van der Waals surface area contributed by atoms with Crippen molar-refractivity contribution < 1.29 is 4.74 Å². The predicted octanol–water partition coefficient (Wildman–Crippen LogP) is 1.29.